The standard InChI is InChI=1S/C14H8F6N4O/c1-7-5-11(14(18,19)20)24(23-7)12-21-8(9-3-2-4-25-9)6-10(22-12)13(15,16)17/h2-6H,1H3. The van der Waals surface area contributed by atoms with Gasteiger partial charge in [0.25, 0.3) is 5.95 Å². The SMILES string of the molecule is Cc1cc(C(F)(F)F)n(-c2nc(-c3ccco3)cc(C(F)(F)F)n2)n1. The van der Waals surface area contributed by atoms with Crippen molar-refractivity contribution >= 4 is 0 Å². The summed E-state index contributed by atoms with van der Waals surface area (Å²) < 4.78 is 83.7. The second-order valence-electron chi connectivity index (χ2n) is 4.99. The van der Waals surface area contributed by atoms with E-state index >= 15 is 0 Å². The summed E-state index contributed by atoms with van der Waals surface area (Å²) in [5, 5.41) is 3.57. The minimum atomic E-state index is -4.89. The van der Waals surface area contributed by atoms with E-state index < -0.39 is 29.7 Å². The first-order chi connectivity index (χ1) is 11.6. The van der Waals surface area contributed by atoms with Gasteiger partial charge < -0.3 is 4.42 Å². The third-order valence-corrected chi connectivity index (χ3v) is 3.09. The van der Waals surface area contributed by atoms with Gasteiger partial charge in [0.15, 0.2) is 17.1 Å². The van der Waals surface area contributed by atoms with Crippen LogP contribution in [-0.4, -0.2) is 19.7 Å². The van der Waals surface area contributed by atoms with Crippen molar-refractivity contribution in [1.29, 1.82) is 0 Å². The number of furan rings is 1. The van der Waals surface area contributed by atoms with Crippen LogP contribution in [-0.2, 0) is 12.4 Å². The van der Waals surface area contributed by atoms with Gasteiger partial charge in [-0.15, -0.1) is 0 Å². The number of aryl methyl sites for hydroxylation is 1. The van der Waals surface area contributed by atoms with Gasteiger partial charge in [-0.1, -0.05) is 0 Å². The molecule has 3 heterocycles. The molecule has 25 heavy (non-hydrogen) atoms. The number of aromatic nitrogens is 4. The summed E-state index contributed by atoms with van der Waals surface area (Å²) in [6.07, 6.45) is -8.53. The first-order valence-electron chi connectivity index (χ1n) is 6.70. The molecule has 11 heteroatoms. The van der Waals surface area contributed by atoms with E-state index in [1.54, 1.807) is 0 Å². The van der Waals surface area contributed by atoms with Crippen LogP contribution in [0.15, 0.2) is 34.9 Å². The molecule has 0 saturated carbocycles. The Kier molecular flexibility index (Phi) is 3.81. The maximum absolute atomic E-state index is 13.1. The second kappa shape index (κ2) is 5.60. The summed E-state index contributed by atoms with van der Waals surface area (Å²) in [7, 11) is 0. The number of halogens is 6. The Labute approximate surface area is 135 Å². The van der Waals surface area contributed by atoms with Gasteiger partial charge in [0.05, 0.1) is 12.0 Å². The van der Waals surface area contributed by atoms with Crippen LogP contribution in [0.4, 0.5) is 26.3 Å². The van der Waals surface area contributed by atoms with Crippen molar-refractivity contribution in [2.75, 3.05) is 0 Å². The van der Waals surface area contributed by atoms with Crippen molar-refractivity contribution in [1.82, 2.24) is 19.7 Å². The molecule has 0 aliphatic heterocycles. The average Bonchev–Trinajstić information content (AvgIpc) is 3.14. The van der Waals surface area contributed by atoms with E-state index in [1.165, 1.54) is 25.3 Å². The van der Waals surface area contributed by atoms with Gasteiger partial charge in [-0.2, -0.15) is 36.1 Å². The van der Waals surface area contributed by atoms with Gasteiger partial charge in [0, 0.05) is 0 Å². The van der Waals surface area contributed by atoms with Crippen molar-refractivity contribution in [2.24, 2.45) is 0 Å². The zero-order valence-corrected chi connectivity index (χ0v) is 12.4. The minimum Gasteiger partial charge on any atom is -0.463 e. The highest BCUT2D eigenvalue weighted by Crippen LogP contribution is 2.34. The summed E-state index contributed by atoms with van der Waals surface area (Å²) in [6, 6.07) is 4.01. The third-order valence-electron chi connectivity index (χ3n) is 3.09. The van der Waals surface area contributed by atoms with Gasteiger partial charge in [0.1, 0.15) is 5.69 Å². The number of nitrogens with zero attached hydrogens (tertiary/aromatic N) is 4. The zero-order valence-electron chi connectivity index (χ0n) is 12.4. The topological polar surface area (TPSA) is 56.7 Å². The van der Waals surface area contributed by atoms with Crippen molar-refractivity contribution in [2.45, 2.75) is 19.3 Å². The maximum atomic E-state index is 13.1. The zero-order chi connectivity index (χ0) is 18.4. The molecule has 0 amide bonds. The quantitative estimate of drug-likeness (QED) is 0.639. The van der Waals surface area contributed by atoms with E-state index in [1.807, 2.05) is 0 Å². The van der Waals surface area contributed by atoms with E-state index in [-0.39, 0.29) is 21.8 Å². The van der Waals surface area contributed by atoms with Gasteiger partial charge in [-0.3, -0.25) is 0 Å². The first-order valence-corrected chi connectivity index (χ1v) is 6.70. The van der Waals surface area contributed by atoms with Crippen LogP contribution in [0.5, 0.6) is 0 Å². The lowest BCUT2D eigenvalue weighted by molar-refractivity contribution is -0.143. The fourth-order valence-corrected chi connectivity index (χ4v) is 2.08. The number of rotatable bonds is 2. The molecule has 0 radical (unpaired) electrons. The number of hydrogen-bond acceptors (Lipinski definition) is 4. The number of hydrogen-bond donors (Lipinski definition) is 0. The Bertz CT molecular complexity index is 895. The largest absolute Gasteiger partial charge is 0.463 e. The fourth-order valence-electron chi connectivity index (χ4n) is 2.08. The van der Waals surface area contributed by atoms with Gasteiger partial charge in [-0.05, 0) is 31.2 Å². The predicted octanol–water partition coefficient (Wildman–Crippen LogP) is 4.27. The van der Waals surface area contributed by atoms with Crippen LogP contribution in [0.1, 0.15) is 17.1 Å². The van der Waals surface area contributed by atoms with Crippen LogP contribution in [0, 0.1) is 6.92 Å². The van der Waals surface area contributed by atoms with Gasteiger partial charge in [-0.25, -0.2) is 9.97 Å². The molecule has 0 aliphatic carbocycles. The van der Waals surface area contributed by atoms with E-state index in [9.17, 15) is 26.3 Å². The molecule has 3 aromatic rings. The highest BCUT2D eigenvalue weighted by molar-refractivity contribution is 5.53. The molecule has 0 spiro atoms. The van der Waals surface area contributed by atoms with E-state index in [2.05, 4.69) is 15.1 Å². The summed E-state index contributed by atoms with van der Waals surface area (Å²) in [6.45, 7) is 1.27. The Morgan fingerprint density at radius 2 is 1.72 bits per heavy atom. The molecule has 0 fully saturated rings. The third kappa shape index (κ3) is 3.35. The van der Waals surface area contributed by atoms with Crippen LogP contribution in [0.3, 0.4) is 0 Å². The van der Waals surface area contributed by atoms with Crippen LogP contribution in [0.2, 0.25) is 0 Å². The van der Waals surface area contributed by atoms with Crippen LogP contribution >= 0.6 is 0 Å². The molecule has 0 N–H and O–H groups in total. The molecular weight excluding hydrogens is 354 g/mol. The van der Waals surface area contributed by atoms with E-state index in [0.717, 1.165) is 0 Å². The Hall–Kier alpha value is -2.85. The summed E-state index contributed by atoms with van der Waals surface area (Å²) in [5.41, 5.74) is -3.06. The van der Waals surface area contributed by atoms with Crippen molar-refractivity contribution in [3.8, 4) is 17.4 Å². The van der Waals surface area contributed by atoms with Gasteiger partial charge in [0.2, 0.25) is 0 Å². The average molecular weight is 362 g/mol. The predicted molar refractivity (Wildman–Crippen MR) is 71.6 cm³/mol. The normalized spacial score (nSPS) is 12.6. The smallest absolute Gasteiger partial charge is 0.433 e. The number of alkyl halides is 6. The molecular formula is C14H8F6N4O. The lowest BCUT2D eigenvalue weighted by Gasteiger charge is -2.12. The fraction of sp³-hybridized carbons (Fsp3) is 0.214. The highest BCUT2D eigenvalue weighted by atomic mass is 19.4. The lowest BCUT2D eigenvalue weighted by atomic mass is 10.2. The molecule has 3 aromatic heterocycles. The molecule has 5 nitrogen and oxygen atoms in total. The molecule has 0 atom stereocenters. The van der Waals surface area contributed by atoms with Crippen molar-refractivity contribution < 1.29 is 30.8 Å². The van der Waals surface area contributed by atoms with Crippen LogP contribution in [0.25, 0.3) is 17.4 Å². The van der Waals surface area contributed by atoms with Crippen molar-refractivity contribution in [3.05, 3.63) is 47.6 Å². The maximum Gasteiger partial charge on any atom is 0.433 e. The first kappa shape index (κ1) is 17.0. The summed E-state index contributed by atoms with van der Waals surface area (Å²) in [4.78, 5) is 6.94. The van der Waals surface area contributed by atoms with E-state index in [4.69, 9.17) is 4.42 Å². The molecule has 132 valence electrons. The summed E-state index contributed by atoms with van der Waals surface area (Å²) >= 11 is 0. The second-order valence-corrected chi connectivity index (χ2v) is 4.99. The molecule has 0 saturated heterocycles. The molecule has 0 aliphatic rings. The molecule has 3 rings (SSSR count). The minimum absolute atomic E-state index is 0.0483. The highest BCUT2D eigenvalue weighted by Gasteiger charge is 2.38. The molecule has 0 bridgehead atoms. The Morgan fingerprint density at radius 1 is 1.00 bits per heavy atom. The molecule has 0 aromatic carbocycles. The Morgan fingerprint density at radius 3 is 2.28 bits per heavy atom. The monoisotopic (exact) mass is 362 g/mol. The van der Waals surface area contributed by atoms with Crippen molar-refractivity contribution in [3.63, 3.8) is 0 Å². The van der Waals surface area contributed by atoms with E-state index in [0.29, 0.717) is 12.1 Å². The van der Waals surface area contributed by atoms with Crippen LogP contribution < -0.4 is 0 Å². The molecule has 0 unspecified atom stereocenters. The summed E-state index contributed by atoms with van der Waals surface area (Å²) in [5.74, 6) is -0.909. The lowest BCUT2D eigenvalue weighted by Crippen LogP contribution is -2.18. The van der Waals surface area contributed by atoms with Gasteiger partial charge >= 0.3 is 12.4 Å². The Balaban J connectivity index is 2.25.